The summed E-state index contributed by atoms with van der Waals surface area (Å²) >= 11 is 2.97. The Kier molecular flexibility index (Phi) is 4.86. The molecule has 0 atom stereocenters. The summed E-state index contributed by atoms with van der Waals surface area (Å²) in [7, 11) is 1.77. The van der Waals surface area contributed by atoms with Gasteiger partial charge >= 0.3 is 6.18 Å². The van der Waals surface area contributed by atoms with Gasteiger partial charge in [-0.3, -0.25) is 0 Å². The van der Waals surface area contributed by atoms with Crippen LogP contribution in [0.1, 0.15) is 5.56 Å². The maximum absolute atomic E-state index is 12.9. The lowest BCUT2D eigenvalue weighted by Crippen LogP contribution is -2.08. The molecule has 0 amide bonds. The Bertz CT molecular complexity index is 1110. The van der Waals surface area contributed by atoms with E-state index in [1.54, 1.807) is 18.4 Å². The third-order valence-corrected chi connectivity index (χ3v) is 5.89. The van der Waals surface area contributed by atoms with Crippen LogP contribution >= 0.6 is 22.7 Å². The quantitative estimate of drug-likeness (QED) is 0.362. The summed E-state index contributed by atoms with van der Waals surface area (Å²) < 4.78 is 38.6. The summed E-state index contributed by atoms with van der Waals surface area (Å²) in [5.74, 6) is 0.0709. The van der Waals surface area contributed by atoms with Gasteiger partial charge in [-0.2, -0.15) is 13.2 Å². The van der Waals surface area contributed by atoms with E-state index >= 15 is 0 Å². The zero-order valence-electron chi connectivity index (χ0n) is 14.5. The van der Waals surface area contributed by atoms with Crippen LogP contribution in [0.5, 0.6) is 5.75 Å². The zero-order valence-corrected chi connectivity index (χ0v) is 16.1. The molecule has 0 aliphatic carbocycles. The van der Waals surface area contributed by atoms with E-state index in [0.29, 0.717) is 5.00 Å². The number of thiophene rings is 2. The van der Waals surface area contributed by atoms with E-state index in [1.807, 2.05) is 29.6 Å². The van der Waals surface area contributed by atoms with Crippen molar-refractivity contribution in [2.75, 3.05) is 17.8 Å². The van der Waals surface area contributed by atoms with Gasteiger partial charge in [0.25, 0.3) is 0 Å². The van der Waals surface area contributed by atoms with Gasteiger partial charge in [0.1, 0.15) is 4.83 Å². The van der Waals surface area contributed by atoms with Crippen molar-refractivity contribution in [3.05, 3.63) is 59.5 Å². The average Bonchev–Trinajstić information content (AvgIpc) is 3.32. The zero-order chi connectivity index (χ0) is 19.7. The van der Waals surface area contributed by atoms with Crippen molar-refractivity contribution in [3.63, 3.8) is 0 Å². The van der Waals surface area contributed by atoms with Crippen molar-refractivity contribution in [1.29, 1.82) is 0 Å². The minimum Gasteiger partial charge on any atom is -0.385 e. The molecule has 3 heterocycles. The SMILES string of the molecule is CNc1c(NOc2cccc(C(F)(F)F)c2)sc2nc(-c3cccs3)ccc12. The molecule has 0 fully saturated rings. The molecular weight excluding hydrogens is 407 g/mol. The molecule has 0 radical (unpaired) electrons. The van der Waals surface area contributed by atoms with E-state index < -0.39 is 11.7 Å². The van der Waals surface area contributed by atoms with E-state index in [2.05, 4.69) is 10.8 Å². The second kappa shape index (κ2) is 7.33. The number of nitrogens with one attached hydrogen (secondary N) is 2. The first-order chi connectivity index (χ1) is 13.5. The predicted octanol–water partition coefficient (Wildman–Crippen LogP) is 6.49. The number of hydrogen-bond acceptors (Lipinski definition) is 6. The van der Waals surface area contributed by atoms with Crippen LogP contribution in [0.4, 0.5) is 23.9 Å². The molecule has 4 nitrogen and oxygen atoms in total. The molecule has 0 aliphatic rings. The molecule has 0 bridgehead atoms. The minimum absolute atomic E-state index is 0.0709. The topological polar surface area (TPSA) is 46.2 Å². The molecule has 0 saturated carbocycles. The van der Waals surface area contributed by atoms with Crippen LogP contribution in [0, 0.1) is 0 Å². The van der Waals surface area contributed by atoms with Crippen molar-refractivity contribution in [3.8, 4) is 16.3 Å². The molecule has 0 unspecified atom stereocenters. The number of fused-ring (bicyclic) bond motifs is 1. The number of aromatic nitrogens is 1. The lowest BCUT2D eigenvalue weighted by Gasteiger charge is -2.11. The average molecular weight is 421 g/mol. The first-order valence-corrected chi connectivity index (χ1v) is 9.90. The van der Waals surface area contributed by atoms with Gasteiger partial charge in [0.2, 0.25) is 0 Å². The molecule has 3 aromatic heterocycles. The normalized spacial score (nSPS) is 11.6. The molecule has 0 saturated heterocycles. The molecule has 28 heavy (non-hydrogen) atoms. The fourth-order valence-corrected chi connectivity index (χ4v) is 4.41. The Hall–Kier alpha value is -2.78. The van der Waals surface area contributed by atoms with Crippen molar-refractivity contribution in [1.82, 2.24) is 4.98 Å². The van der Waals surface area contributed by atoms with Gasteiger partial charge < -0.3 is 10.2 Å². The van der Waals surface area contributed by atoms with Gasteiger partial charge in [-0.15, -0.1) is 11.3 Å². The first-order valence-electron chi connectivity index (χ1n) is 8.21. The van der Waals surface area contributed by atoms with Crippen LogP contribution in [0.15, 0.2) is 53.9 Å². The fourth-order valence-electron chi connectivity index (χ4n) is 2.70. The van der Waals surface area contributed by atoms with Crippen LogP contribution in [0.25, 0.3) is 20.8 Å². The number of hydrogen-bond donors (Lipinski definition) is 2. The molecule has 9 heteroatoms. The summed E-state index contributed by atoms with van der Waals surface area (Å²) in [4.78, 5) is 12.0. The Morgan fingerprint density at radius 2 is 1.93 bits per heavy atom. The number of nitrogens with zero attached hydrogens (tertiary/aromatic N) is 1. The third kappa shape index (κ3) is 3.63. The molecule has 0 aliphatic heterocycles. The predicted molar refractivity (Wildman–Crippen MR) is 108 cm³/mol. The van der Waals surface area contributed by atoms with Gasteiger partial charge in [-0.25, -0.2) is 10.5 Å². The summed E-state index contributed by atoms with van der Waals surface area (Å²) in [6.07, 6.45) is -4.42. The third-order valence-electron chi connectivity index (χ3n) is 4.00. The van der Waals surface area contributed by atoms with Crippen LogP contribution in [-0.2, 0) is 6.18 Å². The number of anilines is 2. The van der Waals surface area contributed by atoms with Gasteiger partial charge in [-0.1, -0.05) is 23.5 Å². The Labute approximate surface area is 166 Å². The number of rotatable bonds is 5. The van der Waals surface area contributed by atoms with Gasteiger partial charge in [0.15, 0.2) is 10.8 Å². The van der Waals surface area contributed by atoms with E-state index in [0.717, 1.165) is 38.6 Å². The van der Waals surface area contributed by atoms with Gasteiger partial charge in [-0.05, 0) is 41.8 Å². The minimum atomic E-state index is -4.42. The van der Waals surface area contributed by atoms with E-state index in [4.69, 9.17) is 9.82 Å². The van der Waals surface area contributed by atoms with Crippen LogP contribution in [0.2, 0.25) is 0 Å². The second-order valence-electron chi connectivity index (χ2n) is 5.81. The number of halogens is 3. The Morgan fingerprint density at radius 1 is 1.07 bits per heavy atom. The van der Waals surface area contributed by atoms with Gasteiger partial charge in [0.05, 0.1) is 21.8 Å². The molecule has 2 N–H and O–H groups in total. The van der Waals surface area contributed by atoms with Crippen LogP contribution < -0.4 is 15.6 Å². The van der Waals surface area contributed by atoms with Crippen LogP contribution in [0.3, 0.4) is 0 Å². The summed E-state index contributed by atoms with van der Waals surface area (Å²) in [5, 5.41) is 6.62. The highest BCUT2D eigenvalue weighted by Gasteiger charge is 2.30. The maximum Gasteiger partial charge on any atom is 0.416 e. The smallest absolute Gasteiger partial charge is 0.385 e. The number of benzene rings is 1. The lowest BCUT2D eigenvalue weighted by molar-refractivity contribution is -0.137. The highest BCUT2D eigenvalue weighted by molar-refractivity contribution is 7.23. The summed E-state index contributed by atoms with van der Waals surface area (Å²) in [5.41, 5.74) is 3.64. The Morgan fingerprint density at radius 3 is 2.64 bits per heavy atom. The van der Waals surface area contributed by atoms with E-state index in [1.165, 1.54) is 23.5 Å². The highest BCUT2D eigenvalue weighted by atomic mass is 32.1. The standard InChI is InChI=1S/C19H14F3N3OS2/c1-23-16-13-7-8-14(15-6-3-9-27-15)24-17(13)28-18(16)25-26-12-5-2-4-11(10-12)19(20,21)22/h2-10,23,25H,1H3. The van der Waals surface area contributed by atoms with Gasteiger partial charge in [0, 0.05) is 12.4 Å². The molecule has 4 aromatic rings. The van der Waals surface area contributed by atoms with Crippen molar-refractivity contribution >= 4 is 43.6 Å². The summed E-state index contributed by atoms with van der Waals surface area (Å²) in [6.45, 7) is 0. The second-order valence-corrected chi connectivity index (χ2v) is 7.76. The first kappa shape index (κ1) is 18.6. The molecule has 144 valence electrons. The number of pyridine rings is 1. The molecular formula is C19H14F3N3OS2. The van der Waals surface area contributed by atoms with E-state index in [-0.39, 0.29) is 5.75 Å². The Balaban J connectivity index is 1.62. The molecule has 0 spiro atoms. The van der Waals surface area contributed by atoms with E-state index in [9.17, 15) is 13.2 Å². The number of alkyl halides is 3. The molecule has 4 rings (SSSR count). The van der Waals surface area contributed by atoms with Crippen molar-refractivity contribution in [2.24, 2.45) is 0 Å². The summed E-state index contributed by atoms with van der Waals surface area (Å²) in [6, 6.07) is 12.6. The molecule has 1 aromatic carbocycles. The largest absolute Gasteiger partial charge is 0.416 e. The maximum atomic E-state index is 12.9. The van der Waals surface area contributed by atoms with Crippen molar-refractivity contribution in [2.45, 2.75) is 6.18 Å². The van der Waals surface area contributed by atoms with Crippen molar-refractivity contribution < 1.29 is 18.0 Å². The van der Waals surface area contributed by atoms with Crippen LogP contribution in [-0.4, -0.2) is 12.0 Å². The lowest BCUT2D eigenvalue weighted by atomic mass is 10.2. The monoisotopic (exact) mass is 421 g/mol. The fraction of sp³-hybridized carbons (Fsp3) is 0.105. The highest BCUT2D eigenvalue weighted by Crippen LogP contribution is 2.40.